The molecular formula is C22H28ClN5O2S. The zero-order chi connectivity index (χ0) is 21.4. The van der Waals surface area contributed by atoms with E-state index in [-0.39, 0.29) is 12.1 Å². The van der Waals surface area contributed by atoms with E-state index in [0.29, 0.717) is 22.5 Å². The lowest BCUT2D eigenvalue weighted by atomic mass is 9.77. The van der Waals surface area contributed by atoms with Gasteiger partial charge in [-0.2, -0.15) is 0 Å². The summed E-state index contributed by atoms with van der Waals surface area (Å²) >= 11 is 5.94. The molecule has 2 aliphatic heterocycles. The Balaban J connectivity index is 1.39. The van der Waals surface area contributed by atoms with Crippen molar-refractivity contribution in [3.8, 4) is 0 Å². The van der Waals surface area contributed by atoms with Gasteiger partial charge in [0, 0.05) is 37.2 Å². The van der Waals surface area contributed by atoms with Gasteiger partial charge in [0.25, 0.3) is 0 Å². The molecule has 0 amide bonds. The molecule has 2 fully saturated rings. The number of pyridine rings is 1. The maximum Gasteiger partial charge on any atom is 0.145 e. The maximum absolute atomic E-state index is 12.7. The Morgan fingerprint density at radius 2 is 2.03 bits per heavy atom. The van der Waals surface area contributed by atoms with E-state index in [2.05, 4.69) is 26.3 Å². The fourth-order valence-electron chi connectivity index (χ4n) is 4.86. The largest absolute Gasteiger partial charge is 0.394 e. The van der Waals surface area contributed by atoms with Crippen molar-refractivity contribution in [1.82, 2.24) is 15.0 Å². The second-order valence-corrected chi connectivity index (χ2v) is 10.9. The first-order valence-corrected chi connectivity index (χ1v) is 12.8. The van der Waals surface area contributed by atoms with Crippen LogP contribution in [0.25, 0.3) is 0 Å². The number of fused-ring (bicyclic) bond motifs is 1. The van der Waals surface area contributed by atoms with Gasteiger partial charge in [-0.05, 0) is 56.6 Å². The van der Waals surface area contributed by atoms with E-state index >= 15 is 0 Å². The first-order valence-electron chi connectivity index (χ1n) is 11.1. The average molecular weight is 462 g/mol. The highest BCUT2D eigenvalue weighted by atomic mass is 35.5. The fraction of sp³-hybridized carbons (Fsp3) is 0.591. The molecule has 2 N–H and O–H groups in total. The Morgan fingerprint density at radius 3 is 2.74 bits per heavy atom. The SMILES string of the molecule is O=[S@@]1CCc2cc(N3CCCC(c4ncc(Cl)cn4)CC3)nc(NC3(CO)CCC3)c21. The summed E-state index contributed by atoms with van der Waals surface area (Å²) in [5.74, 6) is 3.47. The molecule has 1 unspecified atom stereocenters. The minimum Gasteiger partial charge on any atom is -0.394 e. The highest BCUT2D eigenvalue weighted by Gasteiger charge is 2.38. The molecular weight excluding hydrogens is 434 g/mol. The number of aromatic nitrogens is 3. The third-order valence-electron chi connectivity index (χ3n) is 6.88. The molecule has 1 aliphatic carbocycles. The third kappa shape index (κ3) is 4.17. The number of anilines is 2. The van der Waals surface area contributed by atoms with Crippen molar-refractivity contribution in [1.29, 1.82) is 0 Å². The zero-order valence-electron chi connectivity index (χ0n) is 17.5. The summed E-state index contributed by atoms with van der Waals surface area (Å²) in [6, 6.07) is 2.12. The Morgan fingerprint density at radius 1 is 1.23 bits per heavy atom. The lowest BCUT2D eigenvalue weighted by Gasteiger charge is -2.42. The van der Waals surface area contributed by atoms with Gasteiger partial charge in [-0.15, -0.1) is 0 Å². The van der Waals surface area contributed by atoms with Gasteiger partial charge in [0.15, 0.2) is 0 Å². The summed E-state index contributed by atoms with van der Waals surface area (Å²) in [6.45, 7) is 1.87. The van der Waals surface area contributed by atoms with Crippen molar-refractivity contribution in [3.63, 3.8) is 0 Å². The third-order valence-corrected chi connectivity index (χ3v) is 8.56. The van der Waals surface area contributed by atoms with Crippen LogP contribution in [0.5, 0.6) is 0 Å². The monoisotopic (exact) mass is 461 g/mol. The molecule has 0 aromatic carbocycles. The van der Waals surface area contributed by atoms with Gasteiger partial charge >= 0.3 is 0 Å². The molecule has 3 aliphatic rings. The Bertz CT molecular complexity index is 977. The molecule has 2 aromatic heterocycles. The van der Waals surface area contributed by atoms with Crippen LogP contribution in [0.15, 0.2) is 23.4 Å². The molecule has 1 saturated heterocycles. The molecule has 0 radical (unpaired) electrons. The number of nitrogens with zero attached hydrogens (tertiary/aromatic N) is 4. The lowest BCUT2D eigenvalue weighted by molar-refractivity contribution is 0.143. The zero-order valence-corrected chi connectivity index (χ0v) is 19.1. The van der Waals surface area contributed by atoms with E-state index in [0.717, 1.165) is 80.1 Å². The van der Waals surface area contributed by atoms with Gasteiger partial charge in [0.1, 0.15) is 17.5 Å². The van der Waals surface area contributed by atoms with E-state index in [1.165, 1.54) is 0 Å². The highest BCUT2D eigenvalue weighted by Crippen LogP contribution is 2.39. The van der Waals surface area contributed by atoms with Crippen LogP contribution < -0.4 is 10.2 Å². The molecule has 31 heavy (non-hydrogen) atoms. The number of nitrogens with one attached hydrogen (secondary N) is 1. The summed E-state index contributed by atoms with van der Waals surface area (Å²) in [5.41, 5.74) is 0.808. The smallest absolute Gasteiger partial charge is 0.145 e. The van der Waals surface area contributed by atoms with Gasteiger partial charge in [0.05, 0.1) is 32.9 Å². The number of rotatable bonds is 5. The number of hydrogen-bond donors (Lipinski definition) is 2. The molecule has 9 heteroatoms. The van der Waals surface area contributed by atoms with E-state index in [9.17, 15) is 9.32 Å². The first kappa shape index (κ1) is 21.1. The predicted octanol–water partition coefficient (Wildman–Crippen LogP) is 3.29. The summed E-state index contributed by atoms with van der Waals surface area (Å²) in [6.07, 6.45) is 10.1. The molecule has 1 saturated carbocycles. The quantitative estimate of drug-likeness (QED) is 0.705. The molecule has 4 heterocycles. The number of halogens is 1. The van der Waals surface area contributed by atoms with Crippen LogP contribution in [0.2, 0.25) is 5.02 Å². The van der Waals surface area contributed by atoms with E-state index in [1.54, 1.807) is 12.4 Å². The van der Waals surface area contributed by atoms with Crippen LogP contribution in [0.3, 0.4) is 0 Å². The number of aliphatic hydroxyl groups is 1. The van der Waals surface area contributed by atoms with Crippen molar-refractivity contribution < 1.29 is 9.32 Å². The minimum atomic E-state index is -1.03. The van der Waals surface area contributed by atoms with Gasteiger partial charge in [-0.3, -0.25) is 4.21 Å². The second-order valence-electron chi connectivity index (χ2n) is 8.91. The molecule has 0 spiro atoms. The first-order chi connectivity index (χ1) is 15.1. The van der Waals surface area contributed by atoms with E-state index in [4.69, 9.17) is 16.6 Å². The van der Waals surface area contributed by atoms with Crippen molar-refractivity contribution in [3.05, 3.63) is 34.9 Å². The van der Waals surface area contributed by atoms with Gasteiger partial charge in [-0.1, -0.05) is 11.6 Å². The summed E-state index contributed by atoms with van der Waals surface area (Å²) in [4.78, 5) is 17.0. The molecule has 7 nitrogen and oxygen atoms in total. The molecule has 166 valence electrons. The Hall–Kier alpha value is -1.77. The van der Waals surface area contributed by atoms with Gasteiger partial charge < -0.3 is 15.3 Å². The molecule has 2 atom stereocenters. The molecule has 5 rings (SSSR count). The highest BCUT2D eigenvalue weighted by molar-refractivity contribution is 7.85. The summed E-state index contributed by atoms with van der Waals surface area (Å²) < 4.78 is 12.7. The van der Waals surface area contributed by atoms with Crippen LogP contribution >= 0.6 is 11.6 Å². The van der Waals surface area contributed by atoms with Crippen LogP contribution in [-0.2, 0) is 17.2 Å². The van der Waals surface area contributed by atoms with Gasteiger partial charge in [0.2, 0.25) is 0 Å². The maximum atomic E-state index is 12.7. The van der Waals surface area contributed by atoms with Crippen LogP contribution in [0, 0.1) is 0 Å². The minimum absolute atomic E-state index is 0.0762. The van der Waals surface area contributed by atoms with Crippen LogP contribution in [-0.4, -0.2) is 55.3 Å². The number of aryl methyl sites for hydroxylation is 1. The number of hydrogen-bond acceptors (Lipinski definition) is 7. The predicted molar refractivity (Wildman–Crippen MR) is 122 cm³/mol. The topological polar surface area (TPSA) is 91.2 Å². The fourth-order valence-corrected chi connectivity index (χ4v) is 6.33. The molecule has 2 aromatic rings. The second kappa shape index (κ2) is 8.64. The number of aliphatic hydroxyl groups excluding tert-OH is 1. The van der Waals surface area contributed by atoms with E-state index < -0.39 is 10.8 Å². The van der Waals surface area contributed by atoms with Crippen molar-refractivity contribution in [2.75, 3.05) is 35.7 Å². The van der Waals surface area contributed by atoms with Crippen molar-refractivity contribution >= 4 is 34.0 Å². The lowest BCUT2D eigenvalue weighted by Crippen LogP contribution is -2.48. The van der Waals surface area contributed by atoms with Crippen molar-refractivity contribution in [2.45, 2.75) is 61.3 Å². The standard InChI is InChI=1S/C22H28ClN5O2S/c23-17-12-24-20(25-13-17)15-3-1-8-28(9-4-15)18-11-16-5-10-31(30)19(16)21(26-18)27-22(14-29)6-2-7-22/h11-13,15,29H,1-10,14H2,(H,26,27)/t15?,31-/m1/s1. The normalized spacial score (nSPS) is 24.9. The van der Waals surface area contributed by atoms with Crippen molar-refractivity contribution in [2.24, 2.45) is 0 Å². The van der Waals surface area contributed by atoms with Crippen LogP contribution in [0.1, 0.15) is 55.8 Å². The summed E-state index contributed by atoms with van der Waals surface area (Å²) in [7, 11) is -1.03. The van der Waals surface area contributed by atoms with Gasteiger partial charge in [-0.25, -0.2) is 15.0 Å². The van der Waals surface area contributed by atoms with E-state index in [1.807, 2.05) is 0 Å². The average Bonchev–Trinajstić information content (AvgIpc) is 2.97. The molecule has 0 bridgehead atoms. The Kier molecular flexibility index (Phi) is 5.88. The summed E-state index contributed by atoms with van der Waals surface area (Å²) in [5, 5.41) is 14.0. The Labute approximate surface area is 190 Å². The van der Waals surface area contributed by atoms with Crippen LogP contribution in [0.4, 0.5) is 11.6 Å².